The van der Waals surface area contributed by atoms with Crippen molar-refractivity contribution in [2.24, 2.45) is 11.8 Å². The molecule has 0 unspecified atom stereocenters. The molecule has 1 heterocycles. The van der Waals surface area contributed by atoms with E-state index in [0.717, 1.165) is 22.3 Å². The summed E-state index contributed by atoms with van der Waals surface area (Å²) in [6.45, 7) is 0. The monoisotopic (exact) mass is 521 g/mol. The van der Waals surface area contributed by atoms with Crippen LogP contribution < -0.4 is 4.90 Å². The number of carbonyl (C=O) groups excluding carboxylic acids is 3. The summed E-state index contributed by atoms with van der Waals surface area (Å²) in [5.41, 5.74) is 4.57. The first-order valence-electron chi connectivity index (χ1n) is 10.5. The Bertz CT molecular complexity index is 1340. The number of amides is 2. The summed E-state index contributed by atoms with van der Waals surface area (Å²) in [6, 6.07) is 20.5. The molecule has 0 saturated carbocycles. The molecule has 0 spiro atoms. The van der Waals surface area contributed by atoms with Crippen LogP contribution >= 0.6 is 27.5 Å². The molecule has 2 bridgehead atoms. The van der Waals surface area contributed by atoms with Gasteiger partial charge in [0.1, 0.15) is 0 Å². The smallest absolute Gasteiger partial charge is 0.339 e. The SMILES string of the molecule is COC(=O)c1cc(N2C(=O)[C@H]3C4c5ccccc5C(Br)(c5ccccc54)[C@H]3C2=O)ccc1Cl. The van der Waals surface area contributed by atoms with Crippen LogP contribution in [-0.2, 0) is 18.7 Å². The van der Waals surface area contributed by atoms with Gasteiger partial charge in [-0.1, -0.05) is 76.1 Å². The average molecular weight is 523 g/mol. The topological polar surface area (TPSA) is 63.7 Å². The molecule has 2 atom stereocenters. The molecule has 3 aliphatic carbocycles. The third-order valence-corrected chi connectivity index (χ3v) is 8.81. The maximum atomic E-state index is 13.9. The van der Waals surface area contributed by atoms with E-state index in [1.807, 2.05) is 48.5 Å². The van der Waals surface area contributed by atoms with Crippen molar-refractivity contribution >= 4 is 51.0 Å². The zero-order valence-electron chi connectivity index (χ0n) is 17.4. The molecule has 33 heavy (non-hydrogen) atoms. The normalized spacial score (nSPS) is 26.6. The van der Waals surface area contributed by atoms with E-state index in [9.17, 15) is 14.4 Å². The van der Waals surface area contributed by atoms with Crippen molar-refractivity contribution in [2.45, 2.75) is 10.2 Å². The van der Waals surface area contributed by atoms with E-state index >= 15 is 0 Å². The number of hydrogen-bond donors (Lipinski definition) is 0. The molecule has 0 N–H and O–H groups in total. The van der Waals surface area contributed by atoms with Crippen LogP contribution in [-0.4, -0.2) is 24.9 Å². The fourth-order valence-corrected chi connectivity index (χ4v) is 7.25. The van der Waals surface area contributed by atoms with Crippen LogP contribution in [0.25, 0.3) is 0 Å². The van der Waals surface area contributed by atoms with Crippen LogP contribution in [0.4, 0.5) is 5.69 Å². The van der Waals surface area contributed by atoms with Crippen LogP contribution in [0.3, 0.4) is 0 Å². The molecule has 7 rings (SSSR count). The maximum absolute atomic E-state index is 13.9. The van der Waals surface area contributed by atoms with Crippen molar-refractivity contribution in [3.05, 3.63) is 99.6 Å². The summed E-state index contributed by atoms with van der Waals surface area (Å²) in [5, 5.41) is 0.193. The van der Waals surface area contributed by atoms with Gasteiger partial charge in [-0.15, -0.1) is 0 Å². The zero-order chi connectivity index (χ0) is 23.1. The van der Waals surface area contributed by atoms with Gasteiger partial charge in [-0.3, -0.25) is 9.59 Å². The molecule has 1 fully saturated rings. The molecule has 5 nitrogen and oxygen atoms in total. The first-order chi connectivity index (χ1) is 15.9. The predicted molar refractivity (Wildman–Crippen MR) is 127 cm³/mol. The summed E-state index contributed by atoms with van der Waals surface area (Å²) < 4.78 is 3.99. The number of benzene rings is 3. The summed E-state index contributed by atoms with van der Waals surface area (Å²) >= 11 is 10.1. The first-order valence-corrected chi connectivity index (χ1v) is 11.7. The Hall–Kier alpha value is -2.96. The highest BCUT2D eigenvalue weighted by atomic mass is 79.9. The Morgan fingerprint density at radius 1 is 0.970 bits per heavy atom. The molecule has 7 heteroatoms. The number of alkyl halides is 1. The van der Waals surface area contributed by atoms with E-state index < -0.39 is 22.1 Å². The van der Waals surface area contributed by atoms with E-state index in [1.165, 1.54) is 24.1 Å². The summed E-state index contributed by atoms with van der Waals surface area (Å²) in [4.78, 5) is 41.2. The minimum Gasteiger partial charge on any atom is -0.465 e. The van der Waals surface area contributed by atoms with Crippen molar-refractivity contribution in [1.29, 1.82) is 0 Å². The minimum absolute atomic E-state index is 0.107. The average Bonchev–Trinajstić information content (AvgIpc) is 3.11. The van der Waals surface area contributed by atoms with Crippen molar-refractivity contribution < 1.29 is 19.1 Å². The van der Waals surface area contributed by atoms with Gasteiger partial charge >= 0.3 is 5.97 Å². The van der Waals surface area contributed by atoms with Gasteiger partial charge < -0.3 is 4.74 Å². The largest absolute Gasteiger partial charge is 0.465 e. The standard InChI is InChI=1S/C26H17BrClNO4/c1-33-25(32)16-12-13(10-11-19(16)28)29-23(30)21-20-14-6-2-4-8-17(14)26(27,22(21)24(29)31)18-9-5-3-7-15(18)20/h2-12,20-22H,1H3/t20?,21-,22+,26?/m0/s1. The number of imide groups is 1. The van der Waals surface area contributed by atoms with Crippen molar-refractivity contribution in [3.63, 3.8) is 0 Å². The Labute approximate surface area is 203 Å². The van der Waals surface area contributed by atoms with E-state index in [2.05, 4.69) is 15.9 Å². The highest BCUT2D eigenvalue weighted by Crippen LogP contribution is 2.66. The van der Waals surface area contributed by atoms with Crippen LogP contribution in [0.5, 0.6) is 0 Å². The number of nitrogens with zero attached hydrogens (tertiary/aromatic N) is 1. The number of halogens is 2. The van der Waals surface area contributed by atoms with Crippen molar-refractivity contribution in [2.75, 3.05) is 12.0 Å². The van der Waals surface area contributed by atoms with Crippen LogP contribution in [0.15, 0.2) is 66.7 Å². The highest BCUT2D eigenvalue weighted by molar-refractivity contribution is 9.09. The lowest BCUT2D eigenvalue weighted by Gasteiger charge is -2.51. The Kier molecular flexibility index (Phi) is 4.39. The summed E-state index contributed by atoms with van der Waals surface area (Å²) in [5.74, 6) is -2.60. The van der Waals surface area contributed by atoms with E-state index in [-0.39, 0.29) is 28.3 Å². The molecule has 4 aliphatic rings. The zero-order valence-corrected chi connectivity index (χ0v) is 19.8. The molecule has 3 aromatic rings. The second kappa shape index (κ2) is 7.02. The lowest BCUT2D eigenvalue weighted by Crippen LogP contribution is -2.50. The van der Waals surface area contributed by atoms with Crippen LogP contribution in [0, 0.1) is 11.8 Å². The Morgan fingerprint density at radius 3 is 2.18 bits per heavy atom. The molecule has 3 aromatic carbocycles. The van der Waals surface area contributed by atoms with Crippen LogP contribution in [0.1, 0.15) is 38.5 Å². The van der Waals surface area contributed by atoms with E-state index in [0.29, 0.717) is 5.69 Å². The fraction of sp³-hybridized carbons (Fsp3) is 0.192. The van der Waals surface area contributed by atoms with Crippen molar-refractivity contribution in [3.8, 4) is 0 Å². The van der Waals surface area contributed by atoms with Crippen molar-refractivity contribution in [1.82, 2.24) is 0 Å². The second-order valence-corrected chi connectivity index (χ2v) is 10.2. The van der Waals surface area contributed by atoms with Gasteiger partial charge in [0.15, 0.2) is 0 Å². The fourth-order valence-electron chi connectivity index (χ4n) is 5.85. The lowest BCUT2D eigenvalue weighted by atomic mass is 9.55. The lowest BCUT2D eigenvalue weighted by molar-refractivity contribution is -0.122. The second-order valence-electron chi connectivity index (χ2n) is 8.54. The first kappa shape index (κ1) is 20.6. The van der Waals surface area contributed by atoms with Gasteiger partial charge in [0.2, 0.25) is 11.8 Å². The molecule has 0 radical (unpaired) electrons. The number of methoxy groups -OCH3 is 1. The van der Waals surface area contributed by atoms with E-state index in [1.54, 1.807) is 6.07 Å². The third kappa shape index (κ3) is 2.51. The number of ether oxygens (including phenoxy) is 1. The molecule has 1 saturated heterocycles. The molecule has 2 amide bonds. The summed E-state index contributed by atoms with van der Waals surface area (Å²) in [6.07, 6.45) is 0. The molecule has 0 aromatic heterocycles. The third-order valence-electron chi connectivity index (χ3n) is 7.13. The molecular weight excluding hydrogens is 506 g/mol. The van der Waals surface area contributed by atoms with Gasteiger partial charge in [0.25, 0.3) is 0 Å². The van der Waals surface area contributed by atoms with Gasteiger partial charge in [0.05, 0.1) is 39.5 Å². The minimum atomic E-state index is -0.821. The number of esters is 1. The highest BCUT2D eigenvalue weighted by Gasteiger charge is 2.67. The number of carbonyl (C=O) groups is 3. The van der Waals surface area contributed by atoms with Gasteiger partial charge in [-0.25, -0.2) is 9.69 Å². The molecular formula is C26H17BrClNO4. The van der Waals surface area contributed by atoms with Gasteiger partial charge in [0, 0.05) is 5.92 Å². The number of anilines is 1. The van der Waals surface area contributed by atoms with Gasteiger partial charge in [-0.05, 0) is 40.5 Å². The Morgan fingerprint density at radius 2 is 1.58 bits per heavy atom. The van der Waals surface area contributed by atoms with E-state index in [4.69, 9.17) is 16.3 Å². The quantitative estimate of drug-likeness (QED) is 0.269. The maximum Gasteiger partial charge on any atom is 0.339 e. The predicted octanol–water partition coefficient (Wildman–Crippen LogP) is 5.03. The number of hydrogen-bond acceptors (Lipinski definition) is 4. The summed E-state index contributed by atoms with van der Waals surface area (Å²) in [7, 11) is 1.26. The van der Waals surface area contributed by atoms with Gasteiger partial charge in [-0.2, -0.15) is 0 Å². The van der Waals surface area contributed by atoms with Crippen LogP contribution in [0.2, 0.25) is 5.02 Å². The molecule has 1 aliphatic heterocycles. The molecule has 164 valence electrons. The number of rotatable bonds is 2. The Balaban J connectivity index is 1.55.